The smallest absolute Gasteiger partial charge is 0.343 e. The number of rotatable bonds is 6. The van der Waals surface area contributed by atoms with E-state index < -0.39 is 11.4 Å². The second kappa shape index (κ2) is 8.18. The Bertz CT molecular complexity index is 715. The van der Waals surface area contributed by atoms with Gasteiger partial charge < -0.3 is 10.1 Å². The Morgan fingerprint density at radius 1 is 1.12 bits per heavy atom. The molecule has 0 aliphatic heterocycles. The van der Waals surface area contributed by atoms with Crippen LogP contribution in [0.1, 0.15) is 22.8 Å². The highest BCUT2D eigenvalue weighted by atomic mass is 17.1. The minimum absolute atomic E-state index is 0.125. The van der Waals surface area contributed by atoms with Crippen molar-refractivity contribution in [1.29, 1.82) is 0 Å². The highest BCUT2D eigenvalue weighted by Crippen LogP contribution is 2.17. The molecule has 0 radical (unpaired) electrons. The van der Waals surface area contributed by atoms with Crippen LogP contribution in [0, 0.1) is 0 Å². The summed E-state index contributed by atoms with van der Waals surface area (Å²) in [6, 6.07) is 12.7. The van der Waals surface area contributed by atoms with E-state index in [0.717, 1.165) is 0 Å². The minimum Gasteiger partial charge on any atom is -0.423 e. The average molecular weight is 332 g/mol. The van der Waals surface area contributed by atoms with Gasteiger partial charge in [0.2, 0.25) is 5.91 Å². The Labute approximate surface area is 137 Å². The van der Waals surface area contributed by atoms with Crippen molar-refractivity contribution in [1.82, 2.24) is 5.39 Å². The lowest BCUT2D eigenvalue weighted by Gasteiger charge is -2.08. The number of benzene rings is 2. The van der Waals surface area contributed by atoms with Crippen LogP contribution >= 0.6 is 0 Å². The molecule has 2 aromatic carbocycles. The molecule has 0 aromatic heterocycles. The van der Waals surface area contributed by atoms with E-state index in [0.29, 0.717) is 17.0 Å². The van der Waals surface area contributed by atoms with Crippen molar-refractivity contribution >= 4 is 17.6 Å². The molecule has 0 unspecified atom stereocenters. The molecule has 8 nitrogen and oxygen atoms in total. The van der Waals surface area contributed by atoms with E-state index in [9.17, 15) is 9.59 Å². The van der Waals surface area contributed by atoms with Gasteiger partial charge in [-0.15, -0.1) is 0 Å². The molecule has 0 saturated heterocycles. The maximum Gasteiger partial charge on any atom is 0.343 e. The van der Waals surface area contributed by atoms with E-state index in [2.05, 4.69) is 10.2 Å². The molecule has 24 heavy (non-hydrogen) atoms. The third-order valence-corrected chi connectivity index (χ3v) is 2.89. The molecule has 0 saturated carbocycles. The molecule has 0 bridgehead atoms. The third kappa shape index (κ3) is 5.45. The summed E-state index contributed by atoms with van der Waals surface area (Å²) in [7, 11) is 0. The fraction of sp³-hybridized carbons (Fsp3) is 0.125. The van der Waals surface area contributed by atoms with E-state index in [1.54, 1.807) is 42.5 Å². The zero-order valence-corrected chi connectivity index (χ0v) is 12.8. The number of nitrogens with zero attached hydrogens (tertiary/aromatic N) is 1. The quantitative estimate of drug-likeness (QED) is 0.423. The highest BCUT2D eigenvalue weighted by Gasteiger charge is 2.10. The van der Waals surface area contributed by atoms with E-state index >= 15 is 0 Å². The van der Waals surface area contributed by atoms with Crippen LogP contribution in [-0.4, -0.2) is 27.7 Å². The zero-order chi connectivity index (χ0) is 17.5. The highest BCUT2D eigenvalue weighted by molar-refractivity contribution is 5.91. The van der Waals surface area contributed by atoms with Crippen molar-refractivity contribution in [2.75, 3.05) is 5.32 Å². The number of hydrogen-bond donors (Lipinski definition) is 3. The Balaban J connectivity index is 2.01. The van der Waals surface area contributed by atoms with E-state index in [-0.39, 0.29) is 18.1 Å². The monoisotopic (exact) mass is 332 g/mol. The number of carbonyl (C=O) groups excluding carboxylic acids is 2. The third-order valence-electron chi connectivity index (χ3n) is 2.89. The molecule has 1 amide bonds. The van der Waals surface area contributed by atoms with Gasteiger partial charge in [-0.1, -0.05) is 12.1 Å². The SMILES string of the molecule is CC(=O)Nc1ccc(OC(=O)c2cccc(CON(O)O)c2)cc1. The van der Waals surface area contributed by atoms with Gasteiger partial charge in [0.05, 0.1) is 17.6 Å². The Morgan fingerprint density at radius 3 is 2.46 bits per heavy atom. The second-order valence-electron chi connectivity index (χ2n) is 4.82. The summed E-state index contributed by atoms with van der Waals surface area (Å²) in [6.07, 6.45) is 0. The van der Waals surface area contributed by atoms with Crippen molar-refractivity contribution in [2.24, 2.45) is 0 Å². The first-order chi connectivity index (χ1) is 11.4. The lowest BCUT2D eigenvalue weighted by Crippen LogP contribution is -2.14. The van der Waals surface area contributed by atoms with Crippen LogP contribution in [0.25, 0.3) is 0 Å². The van der Waals surface area contributed by atoms with Crippen LogP contribution < -0.4 is 10.1 Å². The molecule has 0 atom stereocenters. The van der Waals surface area contributed by atoms with Gasteiger partial charge in [0.25, 0.3) is 0 Å². The van der Waals surface area contributed by atoms with Crippen molar-refractivity contribution in [3.63, 3.8) is 0 Å². The number of carbonyl (C=O) groups is 2. The van der Waals surface area contributed by atoms with Crippen LogP contribution in [0.4, 0.5) is 5.69 Å². The van der Waals surface area contributed by atoms with Crippen LogP contribution in [0.5, 0.6) is 5.75 Å². The average Bonchev–Trinajstić information content (AvgIpc) is 2.54. The van der Waals surface area contributed by atoms with Crippen LogP contribution in [0.2, 0.25) is 0 Å². The molecular weight excluding hydrogens is 316 g/mol. The first-order valence-corrected chi connectivity index (χ1v) is 6.93. The molecule has 8 heteroatoms. The molecular formula is C16H16N2O6. The summed E-state index contributed by atoms with van der Waals surface area (Å²) in [5.41, 5.74) is 1.43. The van der Waals surface area contributed by atoms with Gasteiger partial charge in [0.1, 0.15) is 5.75 Å². The zero-order valence-electron chi connectivity index (χ0n) is 12.8. The number of amides is 1. The van der Waals surface area contributed by atoms with Gasteiger partial charge in [-0.2, -0.15) is 0 Å². The van der Waals surface area contributed by atoms with Crippen LogP contribution in [0.15, 0.2) is 48.5 Å². The normalized spacial score (nSPS) is 10.5. The lowest BCUT2D eigenvalue weighted by atomic mass is 10.1. The summed E-state index contributed by atoms with van der Waals surface area (Å²) < 4.78 is 5.24. The van der Waals surface area contributed by atoms with Gasteiger partial charge in [0.15, 0.2) is 0 Å². The Hall–Kier alpha value is -2.78. The topological polar surface area (TPSA) is 108 Å². The number of hydrogen-bond acceptors (Lipinski definition) is 7. The summed E-state index contributed by atoms with van der Waals surface area (Å²) in [5, 5.41) is 19.2. The molecule has 2 rings (SSSR count). The molecule has 0 aliphatic carbocycles. The first kappa shape index (κ1) is 17.6. The number of esters is 1. The van der Waals surface area contributed by atoms with Crippen LogP contribution in [-0.2, 0) is 16.2 Å². The van der Waals surface area contributed by atoms with Gasteiger partial charge in [-0.05, 0) is 42.0 Å². The molecule has 126 valence electrons. The molecule has 3 N–H and O–H groups in total. The fourth-order valence-electron chi connectivity index (χ4n) is 1.90. The molecule has 0 fully saturated rings. The number of ether oxygens (including phenoxy) is 1. The number of anilines is 1. The fourth-order valence-corrected chi connectivity index (χ4v) is 1.90. The van der Waals surface area contributed by atoms with Crippen molar-refractivity contribution in [3.05, 3.63) is 59.7 Å². The first-order valence-electron chi connectivity index (χ1n) is 6.93. The van der Waals surface area contributed by atoms with Crippen molar-refractivity contribution in [2.45, 2.75) is 13.5 Å². The standard InChI is InChI=1S/C16H16N2O6/c1-11(19)17-14-5-7-15(8-6-14)24-16(20)13-4-2-3-12(9-13)10-23-18(21)22/h2-9,21-22H,10H2,1H3,(H,17,19). The van der Waals surface area contributed by atoms with Crippen molar-refractivity contribution < 1.29 is 29.6 Å². The number of nitrogens with one attached hydrogen (secondary N) is 1. The largest absolute Gasteiger partial charge is 0.423 e. The van der Waals surface area contributed by atoms with Gasteiger partial charge in [-0.25, -0.2) is 9.63 Å². The Kier molecular flexibility index (Phi) is 5.99. The Morgan fingerprint density at radius 2 is 1.83 bits per heavy atom. The maximum absolute atomic E-state index is 12.1. The summed E-state index contributed by atoms with van der Waals surface area (Å²) in [4.78, 5) is 27.6. The predicted octanol–water partition coefficient (Wildman–Crippen LogP) is 2.38. The lowest BCUT2D eigenvalue weighted by molar-refractivity contribution is -0.497. The summed E-state index contributed by atoms with van der Waals surface area (Å²) in [6.45, 7) is 1.27. The summed E-state index contributed by atoms with van der Waals surface area (Å²) in [5.74, 6) is -0.440. The van der Waals surface area contributed by atoms with Crippen LogP contribution in [0.3, 0.4) is 0 Å². The van der Waals surface area contributed by atoms with Gasteiger partial charge in [0, 0.05) is 12.6 Å². The molecule has 0 heterocycles. The molecule has 0 spiro atoms. The van der Waals surface area contributed by atoms with E-state index in [4.69, 9.17) is 15.2 Å². The van der Waals surface area contributed by atoms with Gasteiger partial charge in [-0.3, -0.25) is 15.2 Å². The molecule has 0 aliphatic rings. The predicted molar refractivity (Wildman–Crippen MR) is 82.3 cm³/mol. The second-order valence-corrected chi connectivity index (χ2v) is 4.82. The van der Waals surface area contributed by atoms with E-state index in [1.807, 2.05) is 0 Å². The van der Waals surface area contributed by atoms with Gasteiger partial charge >= 0.3 is 5.97 Å². The van der Waals surface area contributed by atoms with Crippen molar-refractivity contribution in [3.8, 4) is 5.75 Å². The maximum atomic E-state index is 12.1. The summed E-state index contributed by atoms with van der Waals surface area (Å²) >= 11 is 0. The minimum atomic E-state index is -0.575. The van der Waals surface area contributed by atoms with E-state index in [1.165, 1.54) is 13.0 Å². The molecule has 2 aromatic rings.